The molecule has 2 aliphatic heterocycles. The van der Waals surface area contributed by atoms with Gasteiger partial charge in [-0.1, -0.05) is 0 Å². The lowest BCUT2D eigenvalue weighted by molar-refractivity contribution is -0.118. The summed E-state index contributed by atoms with van der Waals surface area (Å²) in [6.07, 6.45) is 3.80. The third-order valence-corrected chi connectivity index (χ3v) is 10.1. The fourth-order valence-electron chi connectivity index (χ4n) is 6.14. The monoisotopic (exact) mass is 667 g/mol. The lowest BCUT2D eigenvalue weighted by atomic mass is 10.0. The smallest absolute Gasteiger partial charge is 0.387 e. The van der Waals surface area contributed by atoms with E-state index in [1.165, 1.54) is 30.9 Å². The van der Waals surface area contributed by atoms with Crippen LogP contribution in [0.5, 0.6) is 5.75 Å². The molecule has 45 heavy (non-hydrogen) atoms. The number of rotatable bonds is 10. The molecule has 2 aliphatic rings. The molecule has 0 saturated carbocycles. The van der Waals surface area contributed by atoms with Gasteiger partial charge in [-0.15, -0.1) is 11.3 Å². The highest BCUT2D eigenvalue weighted by Gasteiger charge is 2.39. The number of halogens is 4. The highest BCUT2D eigenvalue weighted by atomic mass is 35.5. The van der Waals surface area contributed by atoms with Crippen LogP contribution < -0.4 is 16.0 Å². The molecule has 4 aromatic rings. The normalized spacial score (nSPS) is 20.7. The van der Waals surface area contributed by atoms with Gasteiger partial charge in [0, 0.05) is 5.56 Å². The van der Waals surface area contributed by atoms with E-state index in [9.17, 15) is 27.6 Å². The Balaban J connectivity index is 1.57. The van der Waals surface area contributed by atoms with Crippen molar-refractivity contribution >= 4 is 38.4 Å². The minimum absolute atomic E-state index is 0.0474. The summed E-state index contributed by atoms with van der Waals surface area (Å²) in [6, 6.07) is 3.08. The van der Waals surface area contributed by atoms with Gasteiger partial charge >= 0.3 is 12.3 Å². The molecule has 2 saturated heterocycles. The minimum atomic E-state index is -3.22. The molecule has 0 aliphatic carbocycles. The van der Waals surface area contributed by atoms with Crippen LogP contribution in [0.3, 0.4) is 0 Å². The number of ether oxygens (including phenoxy) is 3. The van der Waals surface area contributed by atoms with Gasteiger partial charge in [-0.2, -0.15) is 8.78 Å². The largest absolute Gasteiger partial charge is 0.444 e. The lowest BCUT2D eigenvalue weighted by Crippen LogP contribution is -2.51. The van der Waals surface area contributed by atoms with E-state index in [2.05, 4.69) is 4.98 Å². The molecule has 2 bridgehead atoms. The Morgan fingerprint density at radius 1 is 1.22 bits per heavy atom. The number of fused-ring (bicyclic) bond motifs is 3. The predicted octanol–water partition coefficient (Wildman–Crippen LogP) is 5.90. The number of oxazole rings is 1. The zero-order valence-corrected chi connectivity index (χ0v) is 26.0. The second-order valence-electron chi connectivity index (χ2n) is 11.7. The Kier molecular flexibility index (Phi) is 8.44. The Bertz CT molecular complexity index is 1860. The van der Waals surface area contributed by atoms with Gasteiger partial charge in [-0.3, -0.25) is 14.2 Å². The van der Waals surface area contributed by atoms with Crippen molar-refractivity contribution in [3.8, 4) is 16.5 Å². The first-order valence-electron chi connectivity index (χ1n) is 14.3. The second-order valence-corrected chi connectivity index (χ2v) is 13.0. The van der Waals surface area contributed by atoms with Crippen LogP contribution in [-0.2, 0) is 26.4 Å². The first-order valence-corrected chi connectivity index (χ1v) is 15.5. The average molecular weight is 668 g/mol. The van der Waals surface area contributed by atoms with Gasteiger partial charge in [0.25, 0.3) is 5.56 Å². The molecule has 2 fully saturated rings. The molecule has 10 nitrogen and oxygen atoms in total. The van der Waals surface area contributed by atoms with Gasteiger partial charge in [-0.25, -0.2) is 18.7 Å². The van der Waals surface area contributed by atoms with E-state index >= 15 is 0 Å². The SMILES string of the molecule is Cc1c(-c2ncco2)sc2c1c(=O)n(C(C)(C)C(=O)Cl)c(=O)n2C[C@H](O[C@@H]1C[C@H]2CC[C@@H](C1)O2)c1cc(F)ccc1OC(F)F. The summed E-state index contributed by atoms with van der Waals surface area (Å²) in [7, 11) is 0. The fourth-order valence-corrected chi connectivity index (χ4v) is 7.46. The van der Waals surface area contributed by atoms with Gasteiger partial charge in [0.05, 0.1) is 41.3 Å². The molecule has 0 spiro atoms. The molecular formula is C30H29ClF3N3O7S. The maximum atomic E-state index is 14.7. The highest BCUT2D eigenvalue weighted by Crippen LogP contribution is 2.40. The number of alkyl halides is 2. The first-order chi connectivity index (χ1) is 21.3. The number of benzene rings is 1. The zero-order chi connectivity index (χ0) is 32.2. The number of carbonyl (C=O) groups is 1. The van der Waals surface area contributed by atoms with Crippen LogP contribution in [0.2, 0.25) is 0 Å². The third-order valence-electron chi connectivity index (χ3n) is 8.37. The molecule has 240 valence electrons. The van der Waals surface area contributed by atoms with E-state index in [1.54, 1.807) is 6.92 Å². The van der Waals surface area contributed by atoms with Crippen molar-refractivity contribution in [1.29, 1.82) is 0 Å². The van der Waals surface area contributed by atoms with Gasteiger partial charge in [0.2, 0.25) is 11.1 Å². The van der Waals surface area contributed by atoms with Gasteiger partial charge in [0.1, 0.15) is 34.3 Å². The van der Waals surface area contributed by atoms with Crippen molar-refractivity contribution in [3.05, 3.63) is 68.4 Å². The Morgan fingerprint density at radius 2 is 1.93 bits per heavy atom. The van der Waals surface area contributed by atoms with E-state index in [0.29, 0.717) is 23.3 Å². The van der Waals surface area contributed by atoms with Crippen molar-refractivity contribution < 1.29 is 36.6 Å². The number of carbonyl (C=O) groups excluding carboxylic acids is 1. The van der Waals surface area contributed by atoms with Crippen LogP contribution in [-0.4, -0.2) is 44.3 Å². The second kappa shape index (κ2) is 12.0. The summed E-state index contributed by atoms with van der Waals surface area (Å²) < 4.78 is 66.4. The van der Waals surface area contributed by atoms with Crippen LogP contribution in [0.4, 0.5) is 13.2 Å². The number of hydrogen-bond donors (Lipinski definition) is 0. The van der Waals surface area contributed by atoms with Crippen molar-refractivity contribution in [2.75, 3.05) is 0 Å². The number of nitrogens with zero attached hydrogens (tertiary/aromatic N) is 3. The summed E-state index contributed by atoms with van der Waals surface area (Å²) in [6.45, 7) is 0.754. The third kappa shape index (κ3) is 5.84. The lowest BCUT2D eigenvalue weighted by Gasteiger charge is -2.33. The summed E-state index contributed by atoms with van der Waals surface area (Å²) >= 11 is 6.94. The van der Waals surface area contributed by atoms with Crippen LogP contribution >= 0.6 is 22.9 Å². The number of thiophene rings is 1. The molecular weight excluding hydrogens is 639 g/mol. The maximum Gasteiger partial charge on any atom is 0.387 e. The van der Waals surface area contributed by atoms with Gasteiger partial charge in [0.15, 0.2) is 0 Å². The summed E-state index contributed by atoms with van der Waals surface area (Å²) in [4.78, 5) is 45.5. The maximum absolute atomic E-state index is 14.7. The molecule has 0 amide bonds. The van der Waals surface area contributed by atoms with Crippen LogP contribution in [0.1, 0.15) is 56.8 Å². The molecule has 15 heteroatoms. The number of aromatic nitrogens is 3. The predicted molar refractivity (Wildman–Crippen MR) is 159 cm³/mol. The van der Waals surface area contributed by atoms with Crippen molar-refractivity contribution in [3.63, 3.8) is 0 Å². The summed E-state index contributed by atoms with van der Waals surface area (Å²) in [5.74, 6) is -0.862. The van der Waals surface area contributed by atoms with E-state index in [4.69, 9.17) is 30.2 Å². The topological polar surface area (TPSA) is 115 Å². The van der Waals surface area contributed by atoms with Crippen LogP contribution in [0.15, 0.2) is 44.7 Å². The van der Waals surface area contributed by atoms with E-state index < -0.39 is 46.7 Å². The first kappa shape index (κ1) is 31.5. The molecule has 4 atom stereocenters. The minimum Gasteiger partial charge on any atom is -0.444 e. The van der Waals surface area contributed by atoms with Crippen molar-refractivity contribution in [1.82, 2.24) is 14.1 Å². The summed E-state index contributed by atoms with van der Waals surface area (Å²) in [5.41, 5.74) is -3.06. The van der Waals surface area contributed by atoms with Crippen LogP contribution in [0, 0.1) is 12.7 Å². The van der Waals surface area contributed by atoms with Crippen LogP contribution in [0.25, 0.3) is 21.0 Å². The molecule has 3 aromatic heterocycles. The highest BCUT2D eigenvalue weighted by molar-refractivity contribution is 7.22. The summed E-state index contributed by atoms with van der Waals surface area (Å²) in [5, 5.41) is -0.860. The zero-order valence-electron chi connectivity index (χ0n) is 24.4. The Morgan fingerprint density at radius 3 is 2.56 bits per heavy atom. The molecule has 1 aromatic carbocycles. The molecule has 0 N–H and O–H groups in total. The van der Waals surface area contributed by atoms with E-state index in [1.807, 2.05) is 0 Å². The van der Waals surface area contributed by atoms with Crippen molar-refractivity contribution in [2.45, 2.75) is 89.6 Å². The molecule has 6 rings (SSSR count). The van der Waals surface area contributed by atoms with E-state index in [-0.39, 0.29) is 46.2 Å². The Hall–Kier alpha value is -3.46. The molecule has 0 radical (unpaired) electrons. The molecule has 5 heterocycles. The van der Waals surface area contributed by atoms with E-state index in [0.717, 1.165) is 46.9 Å². The fraction of sp³-hybridized carbons (Fsp3) is 0.467. The van der Waals surface area contributed by atoms with Crippen molar-refractivity contribution in [2.24, 2.45) is 0 Å². The number of hydrogen-bond acceptors (Lipinski definition) is 9. The molecule has 0 unspecified atom stereocenters. The average Bonchev–Trinajstić information content (AvgIpc) is 3.70. The Labute approximate surface area is 263 Å². The number of aryl methyl sites for hydroxylation is 1. The standard InChI is InChI=1S/C30H29ClF3N3O7S/c1-14-22-25(38)37(30(2,3)27(31)39)29(40)36(26(22)45-23(14)24-35-8-9-41-24)13-21(43-18-11-16-5-6-17(12-18)42-16)19-10-15(32)4-7-20(19)44-28(33)34/h4,7-10,16-18,21,28H,5-6,11-13H2,1-3H3/t16-,17+,18-,21-/m0/s1. The van der Waals surface area contributed by atoms with Gasteiger partial charge < -0.3 is 18.6 Å². The quantitative estimate of drug-likeness (QED) is 0.192. The van der Waals surface area contributed by atoms with Gasteiger partial charge in [-0.05, 0) is 81.8 Å².